The summed E-state index contributed by atoms with van der Waals surface area (Å²) >= 11 is 6.20. The summed E-state index contributed by atoms with van der Waals surface area (Å²) in [5.41, 5.74) is 2.79. The standard InChI is InChI=1S/C21H24ClNO4/c1-13-7-14-5-6-16(22)8-17(14)18-9-19(24)23(10-15(18)12-26-13)11-20(25)27-21(2,3)4/h5-6,8-10,13H,7,11-12H2,1-4H3/t13-/m1/s1. The Balaban J connectivity index is 2.03. The van der Waals surface area contributed by atoms with E-state index in [2.05, 4.69) is 0 Å². The Morgan fingerprint density at radius 3 is 2.67 bits per heavy atom. The molecule has 27 heavy (non-hydrogen) atoms. The predicted octanol–water partition coefficient (Wildman–Crippen LogP) is 3.97. The van der Waals surface area contributed by atoms with Gasteiger partial charge in [-0.2, -0.15) is 0 Å². The summed E-state index contributed by atoms with van der Waals surface area (Å²) in [5, 5.41) is 0.617. The molecule has 1 aliphatic heterocycles. The summed E-state index contributed by atoms with van der Waals surface area (Å²) in [6.07, 6.45) is 2.46. The molecule has 0 saturated heterocycles. The number of halogens is 1. The van der Waals surface area contributed by atoms with Gasteiger partial charge in [-0.15, -0.1) is 0 Å². The summed E-state index contributed by atoms with van der Waals surface area (Å²) in [4.78, 5) is 24.8. The fraction of sp³-hybridized carbons (Fsp3) is 0.429. The van der Waals surface area contributed by atoms with Crippen molar-refractivity contribution >= 4 is 17.6 Å². The van der Waals surface area contributed by atoms with Crippen LogP contribution in [0.15, 0.2) is 35.3 Å². The third-order valence-corrected chi connectivity index (χ3v) is 4.56. The Morgan fingerprint density at radius 2 is 1.96 bits per heavy atom. The zero-order valence-electron chi connectivity index (χ0n) is 16.0. The Kier molecular flexibility index (Phi) is 5.45. The molecule has 1 atom stereocenters. The van der Waals surface area contributed by atoms with E-state index in [0.29, 0.717) is 11.6 Å². The number of fused-ring (bicyclic) bond motifs is 3. The molecule has 2 heterocycles. The van der Waals surface area contributed by atoms with E-state index in [0.717, 1.165) is 28.7 Å². The topological polar surface area (TPSA) is 57.5 Å². The van der Waals surface area contributed by atoms with E-state index in [1.54, 1.807) is 33.0 Å². The number of benzene rings is 1. The average molecular weight is 390 g/mol. The second-order valence-electron chi connectivity index (χ2n) is 7.89. The number of aromatic nitrogens is 1. The highest BCUT2D eigenvalue weighted by molar-refractivity contribution is 6.30. The molecule has 0 bridgehead atoms. The molecular weight excluding hydrogens is 366 g/mol. The maximum Gasteiger partial charge on any atom is 0.326 e. The minimum Gasteiger partial charge on any atom is -0.459 e. The fourth-order valence-corrected chi connectivity index (χ4v) is 3.37. The van der Waals surface area contributed by atoms with E-state index >= 15 is 0 Å². The number of carbonyl (C=O) groups excluding carboxylic acids is 1. The molecule has 0 saturated carbocycles. The SMILES string of the molecule is C[C@@H]1Cc2ccc(Cl)cc2-c2cc(=O)n(CC(=O)OC(C)(C)C)cc2CO1. The first-order chi connectivity index (χ1) is 12.6. The van der Waals surface area contributed by atoms with Crippen LogP contribution in [-0.4, -0.2) is 22.2 Å². The van der Waals surface area contributed by atoms with Crippen molar-refractivity contribution < 1.29 is 14.3 Å². The van der Waals surface area contributed by atoms with Crippen molar-refractivity contribution in [2.75, 3.05) is 0 Å². The van der Waals surface area contributed by atoms with E-state index in [-0.39, 0.29) is 18.2 Å². The van der Waals surface area contributed by atoms with E-state index in [9.17, 15) is 9.59 Å². The van der Waals surface area contributed by atoms with Gasteiger partial charge in [-0.3, -0.25) is 9.59 Å². The lowest BCUT2D eigenvalue weighted by atomic mass is 9.93. The Hall–Kier alpha value is -2.11. The first-order valence-electron chi connectivity index (χ1n) is 8.98. The number of pyridine rings is 1. The number of esters is 1. The zero-order chi connectivity index (χ0) is 19.8. The van der Waals surface area contributed by atoms with Crippen LogP contribution in [0.1, 0.15) is 38.8 Å². The van der Waals surface area contributed by atoms with Crippen molar-refractivity contribution in [3.05, 3.63) is 57.0 Å². The molecule has 0 spiro atoms. The van der Waals surface area contributed by atoms with Crippen molar-refractivity contribution in [3.63, 3.8) is 0 Å². The normalized spacial score (nSPS) is 16.7. The second kappa shape index (κ2) is 7.49. The van der Waals surface area contributed by atoms with Crippen LogP contribution in [0.25, 0.3) is 11.1 Å². The van der Waals surface area contributed by atoms with Gasteiger partial charge in [-0.05, 0) is 62.9 Å². The number of hydrogen-bond donors (Lipinski definition) is 0. The van der Waals surface area contributed by atoms with Crippen LogP contribution in [0.5, 0.6) is 0 Å². The summed E-state index contributed by atoms with van der Waals surface area (Å²) in [5.74, 6) is -0.451. The van der Waals surface area contributed by atoms with Gasteiger partial charge in [0.1, 0.15) is 12.1 Å². The van der Waals surface area contributed by atoms with E-state index in [4.69, 9.17) is 21.1 Å². The summed E-state index contributed by atoms with van der Waals surface area (Å²) in [6, 6.07) is 7.25. The summed E-state index contributed by atoms with van der Waals surface area (Å²) in [7, 11) is 0. The lowest BCUT2D eigenvalue weighted by molar-refractivity contribution is -0.155. The molecule has 0 amide bonds. The van der Waals surface area contributed by atoms with Crippen LogP contribution < -0.4 is 5.56 Å². The van der Waals surface area contributed by atoms with E-state index in [1.807, 2.05) is 25.1 Å². The molecule has 5 nitrogen and oxygen atoms in total. The van der Waals surface area contributed by atoms with Gasteiger partial charge in [0, 0.05) is 22.8 Å². The van der Waals surface area contributed by atoms with Gasteiger partial charge in [0.2, 0.25) is 0 Å². The Bertz CT molecular complexity index is 927. The fourth-order valence-electron chi connectivity index (χ4n) is 3.20. The quantitative estimate of drug-likeness (QED) is 0.729. The first kappa shape index (κ1) is 19.6. The number of ether oxygens (including phenoxy) is 2. The molecular formula is C21H24ClNO4. The Morgan fingerprint density at radius 1 is 1.26 bits per heavy atom. The van der Waals surface area contributed by atoms with Gasteiger partial charge in [-0.1, -0.05) is 17.7 Å². The molecule has 1 aromatic carbocycles. The maximum atomic E-state index is 12.6. The molecule has 0 unspecified atom stereocenters. The van der Waals surface area contributed by atoms with Crippen LogP contribution >= 0.6 is 11.6 Å². The molecule has 144 valence electrons. The molecule has 1 aromatic heterocycles. The first-order valence-corrected chi connectivity index (χ1v) is 9.36. The molecule has 1 aliphatic rings. The minimum absolute atomic E-state index is 0.0318. The van der Waals surface area contributed by atoms with E-state index in [1.165, 1.54) is 4.57 Å². The van der Waals surface area contributed by atoms with Gasteiger partial charge in [0.25, 0.3) is 5.56 Å². The number of carbonyl (C=O) groups is 1. The van der Waals surface area contributed by atoms with Crippen LogP contribution in [0.3, 0.4) is 0 Å². The zero-order valence-corrected chi connectivity index (χ0v) is 16.8. The van der Waals surface area contributed by atoms with Crippen molar-refractivity contribution in [1.29, 1.82) is 0 Å². The summed E-state index contributed by atoms with van der Waals surface area (Å²) < 4.78 is 12.6. The molecule has 0 N–H and O–H groups in total. The smallest absolute Gasteiger partial charge is 0.326 e. The van der Waals surface area contributed by atoms with Gasteiger partial charge in [0.05, 0.1) is 12.7 Å². The monoisotopic (exact) mass is 389 g/mol. The molecule has 6 heteroatoms. The summed E-state index contributed by atoms with van der Waals surface area (Å²) in [6.45, 7) is 7.62. The lowest BCUT2D eigenvalue weighted by Crippen LogP contribution is -2.31. The van der Waals surface area contributed by atoms with Gasteiger partial charge < -0.3 is 14.0 Å². The van der Waals surface area contributed by atoms with Crippen LogP contribution in [0, 0.1) is 0 Å². The Labute approximate surface area is 163 Å². The number of rotatable bonds is 2. The van der Waals surface area contributed by atoms with Gasteiger partial charge in [-0.25, -0.2) is 0 Å². The van der Waals surface area contributed by atoms with Crippen molar-refractivity contribution in [1.82, 2.24) is 4.57 Å². The minimum atomic E-state index is -0.599. The van der Waals surface area contributed by atoms with Crippen LogP contribution in [-0.2, 0) is 33.8 Å². The average Bonchev–Trinajstić information content (AvgIpc) is 2.54. The second-order valence-corrected chi connectivity index (χ2v) is 8.33. The predicted molar refractivity (Wildman–Crippen MR) is 105 cm³/mol. The molecule has 2 aromatic rings. The van der Waals surface area contributed by atoms with Crippen molar-refractivity contribution in [2.45, 2.75) is 59.0 Å². The highest BCUT2D eigenvalue weighted by Crippen LogP contribution is 2.32. The van der Waals surface area contributed by atoms with Crippen LogP contribution in [0.4, 0.5) is 0 Å². The van der Waals surface area contributed by atoms with Crippen LogP contribution in [0.2, 0.25) is 5.02 Å². The molecule has 0 aliphatic carbocycles. The van der Waals surface area contributed by atoms with Crippen molar-refractivity contribution in [3.8, 4) is 11.1 Å². The lowest BCUT2D eigenvalue weighted by Gasteiger charge is -2.23. The van der Waals surface area contributed by atoms with Gasteiger partial charge in [0.15, 0.2) is 0 Å². The molecule has 3 rings (SSSR count). The van der Waals surface area contributed by atoms with E-state index < -0.39 is 11.6 Å². The number of nitrogens with zero attached hydrogens (tertiary/aromatic N) is 1. The highest BCUT2D eigenvalue weighted by Gasteiger charge is 2.21. The maximum absolute atomic E-state index is 12.6. The number of hydrogen-bond acceptors (Lipinski definition) is 4. The third-order valence-electron chi connectivity index (χ3n) is 4.32. The molecule has 0 fully saturated rings. The largest absolute Gasteiger partial charge is 0.459 e. The van der Waals surface area contributed by atoms with Gasteiger partial charge >= 0.3 is 5.97 Å². The highest BCUT2D eigenvalue weighted by atomic mass is 35.5. The van der Waals surface area contributed by atoms with Crippen molar-refractivity contribution in [2.24, 2.45) is 0 Å². The third kappa shape index (κ3) is 4.79. The molecule has 0 radical (unpaired) electrons.